The zero-order valence-electron chi connectivity index (χ0n) is 12.1. The van der Waals surface area contributed by atoms with E-state index in [1.807, 2.05) is 38.3 Å². The zero-order chi connectivity index (χ0) is 15.1. The molecule has 2 atom stereocenters. The van der Waals surface area contributed by atoms with E-state index in [4.69, 9.17) is 5.11 Å². The van der Waals surface area contributed by atoms with Crippen LogP contribution in [0.5, 0.6) is 0 Å². The molecule has 1 heterocycles. The summed E-state index contributed by atoms with van der Waals surface area (Å²) < 4.78 is 0. The maximum Gasteiger partial charge on any atom is 0.315 e. The molecule has 2 amide bonds. The van der Waals surface area contributed by atoms with Crippen LogP contribution >= 0.6 is 11.3 Å². The van der Waals surface area contributed by atoms with E-state index in [1.54, 1.807) is 11.3 Å². The third-order valence-corrected chi connectivity index (χ3v) is 4.10. The van der Waals surface area contributed by atoms with Crippen LogP contribution in [0.15, 0.2) is 17.5 Å². The third kappa shape index (κ3) is 5.21. The van der Waals surface area contributed by atoms with Crippen molar-refractivity contribution in [1.29, 1.82) is 0 Å². The maximum absolute atomic E-state index is 12.0. The van der Waals surface area contributed by atoms with Crippen molar-refractivity contribution in [2.24, 2.45) is 5.92 Å². The first-order chi connectivity index (χ1) is 9.43. The molecule has 112 valence electrons. The van der Waals surface area contributed by atoms with E-state index < -0.39 is 5.97 Å². The number of thiophene rings is 1. The second-order valence-electron chi connectivity index (χ2n) is 5.04. The highest BCUT2D eigenvalue weighted by Crippen LogP contribution is 2.21. The SMILES string of the molecule is CCC(NC(=O)NC(CC(=O)O)C(C)C)c1cccs1. The van der Waals surface area contributed by atoms with Gasteiger partial charge in [-0.15, -0.1) is 11.3 Å². The Hall–Kier alpha value is -1.56. The van der Waals surface area contributed by atoms with Gasteiger partial charge in [-0.25, -0.2) is 4.79 Å². The van der Waals surface area contributed by atoms with Gasteiger partial charge < -0.3 is 15.7 Å². The van der Waals surface area contributed by atoms with Crippen LogP contribution in [0.2, 0.25) is 0 Å². The summed E-state index contributed by atoms with van der Waals surface area (Å²) in [6.45, 7) is 5.79. The molecule has 3 N–H and O–H groups in total. The molecule has 1 aromatic rings. The fourth-order valence-corrected chi connectivity index (χ4v) is 2.74. The van der Waals surface area contributed by atoms with Crippen molar-refractivity contribution in [1.82, 2.24) is 10.6 Å². The van der Waals surface area contributed by atoms with Crippen LogP contribution in [0.4, 0.5) is 4.79 Å². The quantitative estimate of drug-likeness (QED) is 0.724. The standard InChI is InChI=1S/C14H22N2O3S/c1-4-10(12-6-5-7-20-12)15-14(19)16-11(9(2)3)8-13(17)18/h5-7,9-11H,4,8H2,1-3H3,(H,17,18)(H2,15,16,19). The normalized spacial score (nSPS) is 13.8. The van der Waals surface area contributed by atoms with Crippen molar-refractivity contribution in [2.45, 2.75) is 45.7 Å². The Morgan fingerprint density at radius 3 is 2.50 bits per heavy atom. The van der Waals surface area contributed by atoms with E-state index in [0.29, 0.717) is 0 Å². The Kier molecular flexibility index (Phi) is 6.51. The van der Waals surface area contributed by atoms with Crippen LogP contribution in [0.25, 0.3) is 0 Å². The molecule has 0 fully saturated rings. The summed E-state index contributed by atoms with van der Waals surface area (Å²) in [4.78, 5) is 23.9. The highest BCUT2D eigenvalue weighted by molar-refractivity contribution is 7.10. The number of aliphatic carboxylic acids is 1. The van der Waals surface area contributed by atoms with Crippen molar-refractivity contribution in [3.8, 4) is 0 Å². The fraction of sp³-hybridized carbons (Fsp3) is 0.571. The number of hydrogen-bond acceptors (Lipinski definition) is 3. The number of carboxylic acids is 1. The van der Waals surface area contributed by atoms with Gasteiger partial charge in [-0.2, -0.15) is 0 Å². The molecule has 0 aliphatic rings. The van der Waals surface area contributed by atoms with E-state index >= 15 is 0 Å². The highest BCUT2D eigenvalue weighted by atomic mass is 32.1. The van der Waals surface area contributed by atoms with Crippen molar-refractivity contribution >= 4 is 23.3 Å². The first kappa shape index (κ1) is 16.5. The molecule has 0 radical (unpaired) electrons. The molecule has 20 heavy (non-hydrogen) atoms. The largest absolute Gasteiger partial charge is 0.481 e. The van der Waals surface area contributed by atoms with Gasteiger partial charge in [-0.3, -0.25) is 4.79 Å². The predicted molar refractivity (Wildman–Crippen MR) is 79.9 cm³/mol. The molecular formula is C14H22N2O3S. The lowest BCUT2D eigenvalue weighted by Gasteiger charge is -2.23. The van der Waals surface area contributed by atoms with Crippen molar-refractivity contribution in [2.75, 3.05) is 0 Å². The summed E-state index contributed by atoms with van der Waals surface area (Å²) >= 11 is 1.60. The summed E-state index contributed by atoms with van der Waals surface area (Å²) in [6.07, 6.45) is 0.722. The monoisotopic (exact) mass is 298 g/mol. The molecule has 1 rings (SSSR count). The smallest absolute Gasteiger partial charge is 0.315 e. The summed E-state index contributed by atoms with van der Waals surface area (Å²) in [6, 6.07) is 3.21. The molecule has 1 aromatic heterocycles. The first-order valence-electron chi connectivity index (χ1n) is 6.76. The average molecular weight is 298 g/mol. The topological polar surface area (TPSA) is 78.4 Å². The molecule has 0 aromatic carbocycles. The Labute approximate surface area is 123 Å². The van der Waals surface area contributed by atoms with Gasteiger partial charge in [-0.05, 0) is 23.8 Å². The minimum atomic E-state index is -0.908. The lowest BCUT2D eigenvalue weighted by atomic mass is 10.0. The summed E-state index contributed by atoms with van der Waals surface area (Å²) in [7, 11) is 0. The summed E-state index contributed by atoms with van der Waals surface area (Å²) in [5.74, 6) is -0.840. The second kappa shape index (κ2) is 7.89. The number of nitrogens with one attached hydrogen (secondary N) is 2. The van der Waals surface area contributed by atoms with E-state index in [1.165, 1.54) is 0 Å². The molecule has 0 spiro atoms. The predicted octanol–water partition coefficient (Wildman–Crippen LogP) is 3.00. The number of carbonyl (C=O) groups excluding carboxylic acids is 1. The zero-order valence-corrected chi connectivity index (χ0v) is 12.9. The van der Waals surface area contributed by atoms with Gasteiger partial charge in [0.1, 0.15) is 0 Å². The average Bonchev–Trinajstić information content (AvgIpc) is 2.88. The van der Waals surface area contributed by atoms with Crippen LogP contribution in [0.3, 0.4) is 0 Å². The molecule has 0 aliphatic heterocycles. The minimum Gasteiger partial charge on any atom is -0.481 e. The van der Waals surface area contributed by atoms with Gasteiger partial charge in [0.15, 0.2) is 0 Å². The van der Waals surface area contributed by atoms with Gasteiger partial charge in [0.05, 0.1) is 12.5 Å². The summed E-state index contributed by atoms with van der Waals surface area (Å²) in [5.41, 5.74) is 0. The molecule has 0 saturated heterocycles. The number of amides is 2. The van der Waals surface area contributed by atoms with Gasteiger partial charge in [0.2, 0.25) is 0 Å². The Balaban J connectivity index is 2.58. The van der Waals surface area contributed by atoms with E-state index in [2.05, 4.69) is 10.6 Å². The van der Waals surface area contributed by atoms with Crippen LogP contribution in [-0.2, 0) is 4.79 Å². The number of hydrogen-bond donors (Lipinski definition) is 3. The molecule has 5 nitrogen and oxygen atoms in total. The van der Waals surface area contributed by atoms with Crippen LogP contribution < -0.4 is 10.6 Å². The van der Waals surface area contributed by atoms with Gasteiger partial charge in [0.25, 0.3) is 0 Å². The number of rotatable bonds is 7. The number of carbonyl (C=O) groups is 2. The van der Waals surface area contributed by atoms with E-state index in [9.17, 15) is 9.59 Å². The Morgan fingerprint density at radius 2 is 2.05 bits per heavy atom. The Morgan fingerprint density at radius 1 is 1.35 bits per heavy atom. The molecule has 0 aliphatic carbocycles. The lowest BCUT2D eigenvalue weighted by Crippen LogP contribution is -2.46. The second-order valence-corrected chi connectivity index (χ2v) is 6.02. The first-order valence-corrected chi connectivity index (χ1v) is 7.64. The van der Waals surface area contributed by atoms with Gasteiger partial charge >= 0.3 is 12.0 Å². The van der Waals surface area contributed by atoms with Crippen molar-refractivity contribution < 1.29 is 14.7 Å². The number of urea groups is 1. The van der Waals surface area contributed by atoms with Crippen LogP contribution in [-0.4, -0.2) is 23.1 Å². The summed E-state index contributed by atoms with van der Waals surface area (Å²) in [5, 5.41) is 16.5. The van der Waals surface area contributed by atoms with Gasteiger partial charge in [-0.1, -0.05) is 26.8 Å². The molecule has 2 unspecified atom stereocenters. The number of carboxylic acid groups (broad SMARTS) is 1. The van der Waals surface area contributed by atoms with E-state index in [0.717, 1.165) is 11.3 Å². The van der Waals surface area contributed by atoms with Crippen molar-refractivity contribution in [3.63, 3.8) is 0 Å². The van der Waals surface area contributed by atoms with E-state index in [-0.39, 0.29) is 30.5 Å². The van der Waals surface area contributed by atoms with Crippen LogP contribution in [0, 0.1) is 5.92 Å². The molecular weight excluding hydrogens is 276 g/mol. The fourth-order valence-electron chi connectivity index (χ4n) is 1.87. The lowest BCUT2D eigenvalue weighted by molar-refractivity contribution is -0.137. The van der Waals surface area contributed by atoms with Crippen LogP contribution in [0.1, 0.15) is 44.5 Å². The third-order valence-electron chi connectivity index (χ3n) is 3.12. The Bertz CT molecular complexity index is 432. The highest BCUT2D eigenvalue weighted by Gasteiger charge is 2.21. The van der Waals surface area contributed by atoms with Crippen molar-refractivity contribution in [3.05, 3.63) is 22.4 Å². The molecule has 0 bridgehead atoms. The maximum atomic E-state index is 12.0. The molecule has 6 heteroatoms. The minimum absolute atomic E-state index is 0.0346. The van der Waals surface area contributed by atoms with Gasteiger partial charge in [0, 0.05) is 10.9 Å². The molecule has 0 saturated carbocycles.